The summed E-state index contributed by atoms with van der Waals surface area (Å²) in [5.41, 5.74) is 0. The average molecular weight is 311 g/mol. The van der Waals surface area contributed by atoms with Crippen molar-refractivity contribution < 1.29 is 23.0 Å². The largest absolute Gasteiger partial charge is 0.490 e. The Bertz CT molecular complexity index is 538. The highest BCUT2D eigenvalue weighted by atomic mass is 19.2. The fraction of sp³-hybridized carbons (Fsp3) is 0.562. The summed E-state index contributed by atoms with van der Waals surface area (Å²) in [6, 6.07) is 3.53. The summed E-state index contributed by atoms with van der Waals surface area (Å²) in [6.07, 6.45) is 2.72. The number of carbonyl (C=O) groups is 1. The number of nitrogens with zero attached hydrogens (tertiary/aromatic N) is 1. The van der Waals surface area contributed by atoms with Crippen LogP contribution in [-0.2, 0) is 9.53 Å². The molecule has 1 amide bonds. The van der Waals surface area contributed by atoms with E-state index in [2.05, 4.69) is 0 Å². The van der Waals surface area contributed by atoms with Crippen LogP contribution >= 0.6 is 0 Å². The average Bonchev–Trinajstić information content (AvgIpc) is 3.05. The Kier molecular flexibility index (Phi) is 4.57. The molecule has 0 saturated carbocycles. The van der Waals surface area contributed by atoms with Gasteiger partial charge in [0, 0.05) is 38.6 Å². The molecule has 1 unspecified atom stereocenters. The topological polar surface area (TPSA) is 38.8 Å². The number of likely N-dealkylation sites (tertiary alicyclic amines) is 1. The minimum absolute atomic E-state index is 0.0591. The van der Waals surface area contributed by atoms with Gasteiger partial charge < -0.3 is 14.4 Å². The minimum Gasteiger partial charge on any atom is -0.490 e. The minimum atomic E-state index is -0.913. The zero-order valence-electron chi connectivity index (χ0n) is 12.3. The maximum Gasteiger partial charge on any atom is 0.251 e. The van der Waals surface area contributed by atoms with Gasteiger partial charge in [-0.3, -0.25) is 4.79 Å². The molecule has 0 bridgehead atoms. The van der Waals surface area contributed by atoms with Crippen molar-refractivity contribution in [3.05, 3.63) is 29.8 Å². The molecule has 2 heterocycles. The van der Waals surface area contributed by atoms with Crippen LogP contribution in [0.1, 0.15) is 25.7 Å². The normalized spacial score (nSPS) is 22.8. The van der Waals surface area contributed by atoms with Crippen LogP contribution in [0.4, 0.5) is 8.78 Å². The monoisotopic (exact) mass is 311 g/mol. The van der Waals surface area contributed by atoms with Gasteiger partial charge in [0.2, 0.25) is 0 Å². The van der Waals surface area contributed by atoms with E-state index in [1.54, 1.807) is 4.90 Å². The predicted molar refractivity (Wildman–Crippen MR) is 75.6 cm³/mol. The van der Waals surface area contributed by atoms with Gasteiger partial charge in [0.15, 0.2) is 11.6 Å². The first-order chi connectivity index (χ1) is 10.6. The number of piperidine rings is 1. The SMILES string of the molecule is O=C(C1CCCO1)N1CCC(Oc2ccc(F)c(F)c2)CC1. The molecule has 1 aromatic rings. The molecule has 6 heteroatoms. The quantitative estimate of drug-likeness (QED) is 0.861. The van der Waals surface area contributed by atoms with E-state index < -0.39 is 11.6 Å². The number of amides is 1. The number of hydrogen-bond acceptors (Lipinski definition) is 3. The summed E-state index contributed by atoms with van der Waals surface area (Å²) >= 11 is 0. The summed E-state index contributed by atoms with van der Waals surface area (Å²) in [5, 5.41) is 0. The zero-order valence-corrected chi connectivity index (χ0v) is 12.3. The number of rotatable bonds is 3. The second-order valence-electron chi connectivity index (χ2n) is 5.72. The molecule has 0 N–H and O–H groups in total. The van der Waals surface area contributed by atoms with Gasteiger partial charge in [-0.2, -0.15) is 0 Å². The van der Waals surface area contributed by atoms with Crippen molar-refractivity contribution in [2.24, 2.45) is 0 Å². The first-order valence-electron chi connectivity index (χ1n) is 7.65. The molecule has 3 rings (SSSR count). The lowest BCUT2D eigenvalue weighted by Gasteiger charge is -2.33. The van der Waals surface area contributed by atoms with E-state index in [0.717, 1.165) is 25.0 Å². The van der Waals surface area contributed by atoms with Gasteiger partial charge in [-0.15, -0.1) is 0 Å². The molecule has 0 spiro atoms. The molecule has 22 heavy (non-hydrogen) atoms. The Labute approximate surface area is 128 Å². The van der Waals surface area contributed by atoms with Crippen LogP contribution in [0.5, 0.6) is 5.75 Å². The van der Waals surface area contributed by atoms with Crippen LogP contribution in [0.2, 0.25) is 0 Å². The molecule has 2 saturated heterocycles. The predicted octanol–water partition coefficient (Wildman–Crippen LogP) is 2.51. The van der Waals surface area contributed by atoms with E-state index in [4.69, 9.17) is 9.47 Å². The molecular weight excluding hydrogens is 292 g/mol. The molecule has 120 valence electrons. The van der Waals surface area contributed by atoms with Gasteiger partial charge in [0.25, 0.3) is 5.91 Å². The molecule has 2 fully saturated rings. The molecule has 0 aromatic heterocycles. The van der Waals surface area contributed by atoms with Crippen LogP contribution < -0.4 is 4.74 Å². The highest BCUT2D eigenvalue weighted by Crippen LogP contribution is 2.23. The molecule has 4 nitrogen and oxygen atoms in total. The van der Waals surface area contributed by atoms with Crippen molar-refractivity contribution in [3.63, 3.8) is 0 Å². The fourth-order valence-corrected chi connectivity index (χ4v) is 2.91. The van der Waals surface area contributed by atoms with E-state index in [1.807, 2.05) is 0 Å². The molecule has 0 aliphatic carbocycles. The fourth-order valence-electron chi connectivity index (χ4n) is 2.91. The first-order valence-corrected chi connectivity index (χ1v) is 7.65. The number of halogens is 2. The van der Waals surface area contributed by atoms with Crippen molar-refractivity contribution >= 4 is 5.91 Å². The summed E-state index contributed by atoms with van der Waals surface area (Å²) < 4.78 is 37.1. The molecule has 2 aliphatic heterocycles. The van der Waals surface area contributed by atoms with Crippen molar-refractivity contribution in [2.75, 3.05) is 19.7 Å². The number of carbonyl (C=O) groups excluding carboxylic acids is 1. The Balaban J connectivity index is 1.51. The van der Waals surface area contributed by atoms with E-state index >= 15 is 0 Å². The van der Waals surface area contributed by atoms with Crippen LogP contribution in [0.15, 0.2) is 18.2 Å². The molecule has 2 aliphatic rings. The Hall–Kier alpha value is -1.69. The van der Waals surface area contributed by atoms with Gasteiger partial charge in [-0.25, -0.2) is 8.78 Å². The van der Waals surface area contributed by atoms with Gasteiger partial charge in [0.05, 0.1) is 0 Å². The molecule has 1 atom stereocenters. The van der Waals surface area contributed by atoms with Crippen molar-refractivity contribution in [2.45, 2.75) is 37.9 Å². The number of ether oxygens (including phenoxy) is 2. The van der Waals surface area contributed by atoms with E-state index in [1.165, 1.54) is 6.07 Å². The van der Waals surface area contributed by atoms with Crippen molar-refractivity contribution in [3.8, 4) is 5.75 Å². The number of hydrogen-bond donors (Lipinski definition) is 0. The number of benzene rings is 1. The van der Waals surface area contributed by atoms with Crippen LogP contribution in [0.3, 0.4) is 0 Å². The molecule has 1 aromatic carbocycles. The van der Waals surface area contributed by atoms with E-state index in [-0.39, 0.29) is 18.1 Å². The van der Waals surface area contributed by atoms with Crippen LogP contribution in [-0.4, -0.2) is 42.7 Å². The lowest BCUT2D eigenvalue weighted by molar-refractivity contribution is -0.142. The maximum absolute atomic E-state index is 13.2. The highest BCUT2D eigenvalue weighted by molar-refractivity contribution is 5.81. The van der Waals surface area contributed by atoms with Crippen LogP contribution in [0, 0.1) is 11.6 Å². The van der Waals surface area contributed by atoms with Gasteiger partial charge in [-0.1, -0.05) is 0 Å². The van der Waals surface area contributed by atoms with E-state index in [0.29, 0.717) is 38.3 Å². The maximum atomic E-state index is 13.2. The second-order valence-corrected chi connectivity index (χ2v) is 5.72. The standard InChI is InChI=1S/C16H19F2NO3/c17-13-4-3-12(10-14(13)18)22-11-5-7-19(8-6-11)16(20)15-2-1-9-21-15/h3-4,10-11,15H,1-2,5-9H2. The van der Waals surface area contributed by atoms with Gasteiger partial charge >= 0.3 is 0 Å². The summed E-state index contributed by atoms with van der Waals surface area (Å²) in [7, 11) is 0. The first kappa shape index (κ1) is 15.2. The summed E-state index contributed by atoms with van der Waals surface area (Å²) in [4.78, 5) is 14.0. The molecule has 0 radical (unpaired) electrons. The second kappa shape index (κ2) is 6.60. The van der Waals surface area contributed by atoms with Gasteiger partial charge in [0.1, 0.15) is 18.0 Å². The Morgan fingerprint density at radius 2 is 1.95 bits per heavy atom. The Morgan fingerprint density at radius 3 is 2.59 bits per heavy atom. The smallest absolute Gasteiger partial charge is 0.251 e. The van der Waals surface area contributed by atoms with Gasteiger partial charge in [-0.05, 0) is 25.0 Å². The van der Waals surface area contributed by atoms with E-state index in [9.17, 15) is 13.6 Å². The summed E-state index contributed by atoms with van der Waals surface area (Å²) in [5.74, 6) is -1.42. The lowest BCUT2D eigenvalue weighted by Crippen LogP contribution is -2.45. The highest BCUT2D eigenvalue weighted by Gasteiger charge is 2.31. The van der Waals surface area contributed by atoms with Crippen LogP contribution in [0.25, 0.3) is 0 Å². The molecular formula is C16H19F2NO3. The summed E-state index contributed by atoms with van der Waals surface area (Å²) in [6.45, 7) is 1.87. The zero-order chi connectivity index (χ0) is 15.5. The third-order valence-electron chi connectivity index (χ3n) is 4.15. The third-order valence-corrected chi connectivity index (χ3v) is 4.15. The Morgan fingerprint density at radius 1 is 1.18 bits per heavy atom. The lowest BCUT2D eigenvalue weighted by atomic mass is 10.1. The van der Waals surface area contributed by atoms with Crippen molar-refractivity contribution in [1.82, 2.24) is 4.90 Å². The third kappa shape index (κ3) is 3.38. The van der Waals surface area contributed by atoms with Crippen molar-refractivity contribution in [1.29, 1.82) is 0 Å².